The summed E-state index contributed by atoms with van der Waals surface area (Å²) in [6.45, 7) is 5.24. The van der Waals surface area contributed by atoms with E-state index in [0.29, 0.717) is 6.54 Å². The first kappa shape index (κ1) is 15.3. The smallest absolute Gasteiger partial charge is 0.225 e. The van der Waals surface area contributed by atoms with Gasteiger partial charge >= 0.3 is 0 Å². The van der Waals surface area contributed by atoms with E-state index in [-0.39, 0.29) is 42.2 Å². The quantitative estimate of drug-likeness (QED) is 0.782. The molecule has 114 valence electrons. The summed E-state index contributed by atoms with van der Waals surface area (Å²) < 4.78 is 0. The molecule has 0 spiro atoms. The molecule has 5 heteroatoms. The number of piperidine rings is 1. The van der Waals surface area contributed by atoms with E-state index in [1.807, 2.05) is 18.7 Å². The topological polar surface area (TPSA) is 69.6 Å². The number of amides is 2. The second-order valence-corrected chi connectivity index (χ2v) is 6.44. The van der Waals surface area contributed by atoms with Crippen LogP contribution >= 0.6 is 0 Å². The van der Waals surface area contributed by atoms with Gasteiger partial charge in [0.05, 0.1) is 18.6 Å². The van der Waals surface area contributed by atoms with Gasteiger partial charge in [-0.05, 0) is 31.6 Å². The summed E-state index contributed by atoms with van der Waals surface area (Å²) in [5, 5.41) is 12.2. The summed E-state index contributed by atoms with van der Waals surface area (Å²) in [5.74, 6) is 0.504. The standard InChI is InChI=1S/C15H26N2O3/c1-10(2)13(9-18)16-14(19)12-4-3-7-17(8-12)15(20)11-5-6-11/h10-13,18H,3-9H2,1-2H3,(H,16,19). The fraction of sp³-hybridized carbons (Fsp3) is 0.867. The Morgan fingerprint density at radius 2 is 1.95 bits per heavy atom. The highest BCUT2D eigenvalue weighted by Crippen LogP contribution is 2.32. The van der Waals surface area contributed by atoms with Gasteiger partial charge in [0.1, 0.15) is 0 Å². The van der Waals surface area contributed by atoms with E-state index in [4.69, 9.17) is 0 Å². The highest BCUT2D eigenvalue weighted by Gasteiger charge is 2.37. The Kier molecular flexibility index (Phi) is 5.02. The third-order valence-electron chi connectivity index (χ3n) is 4.36. The molecule has 1 heterocycles. The van der Waals surface area contributed by atoms with E-state index >= 15 is 0 Å². The predicted octanol–water partition coefficient (Wildman–Crippen LogP) is 0.768. The van der Waals surface area contributed by atoms with Crippen LogP contribution in [0.4, 0.5) is 0 Å². The number of carbonyl (C=O) groups is 2. The van der Waals surface area contributed by atoms with E-state index in [0.717, 1.165) is 32.2 Å². The molecule has 2 unspecified atom stereocenters. The van der Waals surface area contributed by atoms with Crippen LogP contribution in [0.5, 0.6) is 0 Å². The van der Waals surface area contributed by atoms with E-state index < -0.39 is 0 Å². The number of rotatable bonds is 5. The van der Waals surface area contributed by atoms with Gasteiger partial charge in [-0.15, -0.1) is 0 Å². The van der Waals surface area contributed by atoms with E-state index in [1.54, 1.807) is 0 Å². The van der Waals surface area contributed by atoms with E-state index in [9.17, 15) is 14.7 Å². The molecule has 2 aliphatic rings. The molecule has 0 radical (unpaired) electrons. The van der Waals surface area contributed by atoms with Gasteiger partial charge in [0.25, 0.3) is 0 Å². The van der Waals surface area contributed by atoms with Crippen molar-refractivity contribution in [2.45, 2.75) is 45.6 Å². The molecule has 1 aliphatic carbocycles. The average molecular weight is 282 g/mol. The zero-order chi connectivity index (χ0) is 14.7. The Morgan fingerprint density at radius 3 is 2.50 bits per heavy atom. The summed E-state index contributed by atoms with van der Waals surface area (Å²) in [6, 6.07) is -0.197. The van der Waals surface area contributed by atoms with Crippen molar-refractivity contribution in [1.82, 2.24) is 10.2 Å². The monoisotopic (exact) mass is 282 g/mol. The van der Waals surface area contributed by atoms with Crippen LogP contribution in [0.25, 0.3) is 0 Å². The van der Waals surface area contributed by atoms with Crippen LogP contribution in [0.2, 0.25) is 0 Å². The van der Waals surface area contributed by atoms with Gasteiger partial charge < -0.3 is 15.3 Å². The van der Waals surface area contributed by atoms with Gasteiger partial charge in [-0.2, -0.15) is 0 Å². The zero-order valence-corrected chi connectivity index (χ0v) is 12.5. The number of nitrogens with one attached hydrogen (secondary N) is 1. The summed E-state index contributed by atoms with van der Waals surface area (Å²) in [7, 11) is 0. The molecule has 0 aromatic heterocycles. The van der Waals surface area contributed by atoms with Crippen molar-refractivity contribution in [3.63, 3.8) is 0 Å². The normalized spacial score (nSPS) is 24.6. The minimum absolute atomic E-state index is 0.0222. The Bertz CT molecular complexity index is 366. The van der Waals surface area contributed by atoms with Crippen LogP contribution in [0.1, 0.15) is 39.5 Å². The Morgan fingerprint density at radius 1 is 1.25 bits per heavy atom. The minimum Gasteiger partial charge on any atom is -0.394 e. The number of hydrogen-bond acceptors (Lipinski definition) is 3. The maximum atomic E-state index is 12.3. The summed E-state index contributed by atoms with van der Waals surface area (Å²) in [4.78, 5) is 26.2. The van der Waals surface area contributed by atoms with Gasteiger partial charge in [0.15, 0.2) is 0 Å². The molecule has 2 amide bonds. The molecule has 1 aliphatic heterocycles. The Labute approximate surface area is 120 Å². The number of carbonyl (C=O) groups excluding carboxylic acids is 2. The van der Waals surface area contributed by atoms with Crippen molar-refractivity contribution < 1.29 is 14.7 Å². The van der Waals surface area contributed by atoms with Crippen molar-refractivity contribution >= 4 is 11.8 Å². The molecule has 1 saturated carbocycles. The summed E-state index contributed by atoms with van der Waals surface area (Å²) >= 11 is 0. The Hall–Kier alpha value is -1.10. The van der Waals surface area contributed by atoms with Crippen LogP contribution in [0, 0.1) is 17.8 Å². The largest absolute Gasteiger partial charge is 0.394 e. The van der Waals surface area contributed by atoms with Gasteiger partial charge in [-0.25, -0.2) is 0 Å². The van der Waals surface area contributed by atoms with Crippen molar-refractivity contribution in [1.29, 1.82) is 0 Å². The number of nitrogens with zero attached hydrogens (tertiary/aromatic N) is 1. The lowest BCUT2D eigenvalue weighted by Crippen LogP contribution is -2.49. The first-order chi connectivity index (χ1) is 9.52. The molecule has 2 fully saturated rings. The molecule has 20 heavy (non-hydrogen) atoms. The summed E-state index contributed by atoms with van der Waals surface area (Å²) in [5.41, 5.74) is 0. The molecule has 0 aromatic rings. The van der Waals surface area contributed by atoms with Gasteiger partial charge in [0.2, 0.25) is 11.8 Å². The lowest BCUT2D eigenvalue weighted by Gasteiger charge is -2.33. The Balaban J connectivity index is 1.87. The molecule has 1 saturated heterocycles. The van der Waals surface area contributed by atoms with Crippen LogP contribution < -0.4 is 5.32 Å². The highest BCUT2D eigenvalue weighted by molar-refractivity contribution is 5.83. The molecular formula is C15H26N2O3. The highest BCUT2D eigenvalue weighted by atomic mass is 16.3. The average Bonchev–Trinajstić information content (AvgIpc) is 3.28. The predicted molar refractivity (Wildman–Crippen MR) is 75.9 cm³/mol. The number of aliphatic hydroxyl groups excluding tert-OH is 1. The van der Waals surface area contributed by atoms with Crippen LogP contribution in [0.15, 0.2) is 0 Å². The van der Waals surface area contributed by atoms with Crippen molar-refractivity contribution in [3.05, 3.63) is 0 Å². The third-order valence-corrected chi connectivity index (χ3v) is 4.36. The lowest BCUT2D eigenvalue weighted by molar-refractivity contribution is -0.137. The van der Waals surface area contributed by atoms with E-state index in [1.165, 1.54) is 0 Å². The number of aliphatic hydroxyl groups is 1. The minimum atomic E-state index is -0.197. The SMILES string of the molecule is CC(C)C(CO)NC(=O)C1CCCN(C(=O)C2CC2)C1. The second kappa shape index (κ2) is 6.57. The van der Waals surface area contributed by atoms with Gasteiger partial charge in [-0.1, -0.05) is 13.8 Å². The number of hydrogen-bond donors (Lipinski definition) is 2. The molecule has 2 N–H and O–H groups in total. The van der Waals surface area contributed by atoms with Crippen LogP contribution in [-0.4, -0.2) is 47.6 Å². The molecule has 2 atom stereocenters. The van der Waals surface area contributed by atoms with E-state index in [2.05, 4.69) is 5.32 Å². The lowest BCUT2D eigenvalue weighted by atomic mass is 9.95. The first-order valence-corrected chi connectivity index (χ1v) is 7.73. The molecule has 5 nitrogen and oxygen atoms in total. The van der Waals surface area contributed by atoms with Crippen LogP contribution in [0.3, 0.4) is 0 Å². The van der Waals surface area contributed by atoms with Gasteiger partial charge in [0, 0.05) is 19.0 Å². The third kappa shape index (κ3) is 3.72. The molecule has 0 bridgehead atoms. The second-order valence-electron chi connectivity index (χ2n) is 6.44. The molecule has 2 rings (SSSR count). The number of likely N-dealkylation sites (tertiary alicyclic amines) is 1. The fourth-order valence-electron chi connectivity index (χ4n) is 2.70. The van der Waals surface area contributed by atoms with Crippen molar-refractivity contribution in [2.24, 2.45) is 17.8 Å². The van der Waals surface area contributed by atoms with Crippen molar-refractivity contribution in [2.75, 3.05) is 19.7 Å². The first-order valence-electron chi connectivity index (χ1n) is 7.73. The summed E-state index contributed by atoms with van der Waals surface area (Å²) in [6.07, 6.45) is 3.73. The fourth-order valence-corrected chi connectivity index (χ4v) is 2.70. The van der Waals surface area contributed by atoms with Gasteiger partial charge in [-0.3, -0.25) is 9.59 Å². The molecule has 0 aromatic carbocycles. The van der Waals surface area contributed by atoms with Crippen molar-refractivity contribution in [3.8, 4) is 0 Å². The molecular weight excluding hydrogens is 256 g/mol. The maximum absolute atomic E-state index is 12.3. The van der Waals surface area contributed by atoms with Crippen LogP contribution in [-0.2, 0) is 9.59 Å². The zero-order valence-electron chi connectivity index (χ0n) is 12.5. The maximum Gasteiger partial charge on any atom is 0.225 e.